The number of hydrogen-bond donors (Lipinski definition) is 2. The highest BCUT2D eigenvalue weighted by molar-refractivity contribution is 6.03. The van der Waals surface area contributed by atoms with Crippen LogP contribution in [-0.4, -0.2) is 15.9 Å². The molecule has 5 nitrogen and oxygen atoms in total. The van der Waals surface area contributed by atoms with Crippen molar-refractivity contribution in [2.45, 2.75) is 20.8 Å². The van der Waals surface area contributed by atoms with Crippen LogP contribution in [0.1, 0.15) is 27.2 Å². The van der Waals surface area contributed by atoms with E-state index in [2.05, 4.69) is 20.6 Å². The summed E-state index contributed by atoms with van der Waals surface area (Å²) in [5.74, 6) is 0.135. The molecule has 1 amide bonds. The zero-order valence-electron chi connectivity index (χ0n) is 14.5. The Morgan fingerprint density at radius 1 is 0.880 bits per heavy atom. The van der Waals surface area contributed by atoms with E-state index in [1.807, 2.05) is 63.2 Å². The Balaban J connectivity index is 1.81. The molecule has 1 heterocycles. The molecule has 0 unspecified atom stereocenters. The molecule has 0 saturated carbocycles. The zero-order chi connectivity index (χ0) is 17.8. The highest BCUT2D eigenvalue weighted by atomic mass is 16.1. The van der Waals surface area contributed by atoms with E-state index in [0.29, 0.717) is 11.6 Å². The summed E-state index contributed by atoms with van der Waals surface area (Å²) in [6.07, 6.45) is 1.58. The smallest absolute Gasteiger partial charge is 0.274 e. The second kappa shape index (κ2) is 7.13. The first-order valence-corrected chi connectivity index (χ1v) is 8.08. The third kappa shape index (κ3) is 3.83. The Kier molecular flexibility index (Phi) is 4.75. The SMILES string of the molecule is Cc1ccccc1Nc1nccc(C(=O)Nc2c(C)cccc2C)n1. The third-order valence-corrected chi connectivity index (χ3v) is 4.00. The van der Waals surface area contributed by atoms with E-state index in [4.69, 9.17) is 0 Å². The number of nitrogens with one attached hydrogen (secondary N) is 2. The molecule has 0 spiro atoms. The van der Waals surface area contributed by atoms with E-state index in [-0.39, 0.29) is 5.91 Å². The van der Waals surface area contributed by atoms with Crippen LogP contribution in [0.25, 0.3) is 0 Å². The maximum Gasteiger partial charge on any atom is 0.274 e. The zero-order valence-corrected chi connectivity index (χ0v) is 14.5. The largest absolute Gasteiger partial charge is 0.324 e. The number of carbonyl (C=O) groups excluding carboxylic acids is 1. The van der Waals surface area contributed by atoms with Gasteiger partial charge in [-0.05, 0) is 49.6 Å². The molecule has 126 valence electrons. The molecule has 1 aromatic heterocycles. The maximum absolute atomic E-state index is 12.6. The number of nitrogens with zero attached hydrogens (tertiary/aromatic N) is 2. The third-order valence-electron chi connectivity index (χ3n) is 4.00. The first-order chi connectivity index (χ1) is 12.0. The molecule has 2 N–H and O–H groups in total. The van der Waals surface area contributed by atoms with Crippen molar-refractivity contribution >= 4 is 23.2 Å². The summed E-state index contributed by atoms with van der Waals surface area (Å²) in [5, 5.41) is 6.09. The quantitative estimate of drug-likeness (QED) is 0.743. The van der Waals surface area contributed by atoms with E-state index >= 15 is 0 Å². The van der Waals surface area contributed by atoms with Gasteiger partial charge in [-0.15, -0.1) is 0 Å². The second-order valence-corrected chi connectivity index (χ2v) is 5.93. The number of hydrogen-bond acceptors (Lipinski definition) is 4. The number of aryl methyl sites for hydroxylation is 3. The average Bonchev–Trinajstić information content (AvgIpc) is 2.60. The average molecular weight is 332 g/mol. The van der Waals surface area contributed by atoms with Gasteiger partial charge >= 0.3 is 0 Å². The molecule has 2 aromatic carbocycles. The fourth-order valence-electron chi connectivity index (χ4n) is 2.57. The van der Waals surface area contributed by atoms with Crippen LogP contribution < -0.4 is 10.6 Å². The minimum atomic E-state index is -0.257. The van der Waals surface area contributed by atoms with Crippen molar-refractivity contribution in [3.8, 4) is 0 Å². The van der Waals surface area contributed by atoms with Crippen molar-refractivity contribution in [2.24, 2.45) is 0 Å². The summed E-state index contributed by atoms with van der Waals surface area (Å²) in [5.41, 5.74) is 5.15. The maximum atomic E-state index is 12.6. The molecular formula is C20H20N4O. The van der Waals surface area contributed by atoms with E-state index in [1.165, 1.54) is 0 Å². The minimum Gasteiger partial charge on any atom is -0.324 e. The summed E-state index contributed by atoms with van der Waals surface area (Å²) < 4.78 is 0. The van der Waals surface area contributed by atoms with Gasteiger partial charge in [0.15, 0.2) is 0 Å². The van der Waals surface area contributed by atoms with Gasteiger partial charge in [-0.25, -0.2) is 9.97 Å². The number of aromatic nitrogens is 2. The standard InChI is InChI=1S/C20H20N4O/c1-13-7-4-5-10-16(13)22-20-21-12-11-17(23-20)19(25)24-18-14(2)8-6-9-15(18)3/h4-12H,1-3H3,(H,24,25)(H,21,22,23). The molecule has 0 aliphatic heterocycles. The monoisotopic (exact) mass is 332 g/mol. The van der Waals surface area contributed by atoms with Gasteiger partial charge in [0.2, 0.25) is 5.95 Å². The van der Waals surface area contributed by atoms with Crippen LogP contribution in [0, 0.1) is 20.8 Å². The topological polar surface area (TPSA) is 66.9 Å². The molecule has 0 bridgehead atoms. The molecule has 3 rings (SSSR count). The van der Waals surface area contributed by atoms with Gasteiger partial charge < -0.3 is 10.6 Å². The van der Waals surface area contributed by atoms with Crippen LogP contribution in [0.4, 0.5) is 17.3 Å². The summed E-state index contributed by atoms with van der Waals surface area (Å²) in [7, 11) is 0. The number of carbonyl (C=O) groups is 1. The molecule has 0 saturated heterocycles. The van der Waals surface area contributed by atoms with Gasteiger partial charge in [0.1, 0.15) is 5.69 Å². The van der Waals surface area contributed by atoms with Crippen LogP contribution in [0.2, 0.25) is 0 Å². The second-order valence-electron chi connectivity index (χ2n) is 5.93. The Hall–Kier alpha value is -3.21. The minimum absolute atomic E-state index is 0.257. The predicted octanol–water partition coefficient (Wildman–Crippen LogP) is 4.40. The number of benzene rings is 2. The molecular weight excluding hydrogens is 312 g/mol. The van der Waals surface area contributed by atoms with Crippen molar-refractivity contribution in [1.29, 1.82) is 0 Å². The number of rotatable bonds is 4. The Morgan fingerprint density at radius 2 is 1.56 bits per heavy atom. The lowest BCUT2D eigenvalue weighted by Crippen LogP contribution is -2.16. The summed E-state index contributed by atoms with van der Waals surface area (Å²) in [6, 6.07) is 15.4. The molecule has 0 aliphatic carbocycles. The van der Waals surface area contributed by atoms with Crippen LogP contribution in [0.15, 0.2) is 54.7 Å². The van der Waals surface area contributed by atoms with Crippen molar-refractivity contribution in [2.75, 3.05) is 10.6 Å². The summed E-state index contributed by atoms with van der Waals surface area (Å²) in [4.78, 5) is 21.1. The van der Waals surface area contributed by atoms with Gasteiger partial charge in [-0.1, -0.05) is 36.4 Å². The van der Waals surface area contributed by atoms with Gasteiger partial charge in [-0.2, -0.15) is 0 Å². The number of anilines is 3. The van der Waals surface area contributed by atoms with Crippen LogP contribution in [0.3, 0.4) is 0 Å². The van der Waals surface area contributed by atoms with Gasteiger partial charge in [0.25, 0.3) is 5.91 Å². The predicted molar refractivity (Wildman–Crippen MR) is 100 cm³/mol. The fraction of sp³-hybridized carbons (Fsp3) is 0.150. The highest BCUT2D eigenvalue weighted by Crippen LogP contribution is 2.21. The number of para-hydroxylation sites is 2. The van der Waals surface area contributed by atoms with Gasteiger partial charge in [0.05, 0.1) is 0 Å². The fourth-order valence-corrected chi connectivity index (χ4v) is 2.57. The lowest BCUT2D eigenvalue weighted by molar-refractivity contribution is 0.102. The molecule has 0 atom stereocenters. The first kappa shape index (κ1) is 16.6. The first-order valence-electron chi connectivity index (χ1n) is 8.08. The van der Waals surface area contributed by atoms with E-state index < -0.39 is 0 Å². The Morgan fingerprint density at radius 3 is 2.28 bits per heavy atom. The van der Waals surface area contributed by atoms with E-state index in [9.17, 15) is 4.79 Å². The van der Waals surface area contributed by atoms with Crippen LogP contribution >= 0.6 is 0 Å². The van der Waals surface area contributed by atoms with E-state index in [0.717, 1.165) is 28.1 Å². The molecule has 0 radical (unpaired) electrons. The highest BCUT2D eigenvalue weighted by Gasteiger charge is 2.12. The molecule has 0 aliphatic rings. The normalized spacial score (nSPS) is 10.4. The van der Waals surface area contributed by atoms with Gasteiger partial charge in [-0.3, -0.25) is 4.79 Å². The molecule has 5 heteroatoms. The van der Waals surface area contributed by atoms with Crippen molar-refractivity contribution < 1.29 is 4.79 Å². The van der Waals surface area contributed by atoms with Crippen LogP contribution in [-0.2, 0) is 0 Å². The Labute approximate surface area is 147 Å². The van der Waals surface area contributed by atoms with Crippen molar-refractivity contribution in [3.05, 3.63) is 77.1 Å². The lowest BCUT2D eigenvalue weighted by Gasteiger charge is -2.12. The Bertz CT molecular complexity index is 901. The molecule has 3 aromatic rings. The van der Waals surface area contributed by atoms with Crippen molar-refractivity contribution in [1.82, 2.24) is 9.97 Å². The number of amides is 1. The van der Waals surface area contributed by atoms with Crippen LogP contribution in [0.5, 0.6) is 0 Å². The molecule has 25 heavy (non-hydrogen) atoms. The van der Waals surface area contributed by atoms with Gasteiger partial charge in [0, 0.05) is 17.6 Å². The van der Waals surface area contributed by atoms with E-state index in [1.54, 1.807) is 12.3 Å². The van der Waals surface area contributed by atoms with Crippen molar-refractivity contribution in [3.63, 3.8) is 0 Å². The summed E-state index contributed by atoms with van der Waals surface area (Å²) >= 11 is 0. The summed E-state index contributed by atoms with van der Waals surface area (Å²) in [6.45, 7) is 5.93. The lowest BCUT2D eigenvalue weighted by atomic mass is 10.1. The molecule has 0 fully saturated rings.